The van der Waals surface area contributed by atoms with Crippen LogP contribution in [0.25, 0.3) is 0 Å². The van der Waals surface area contributed by atoms with Crippen LogP contribution < -0.4 is 11.2 Å². The number of H-pyrrole nitrogens is 1. The molecular formula is C11H13ClN4O4S. The Kier molecular flexibility index (Phi) is 4.06. The standard InChI is InChI=1S/C11H13ClN4O4S/c1-3-7-4-8(15(2)14-7)5-16-6-9(21(12,19)20)10(17)13-11(16)18/h4,6H,3,5H2,1-2H3,(H,13,17,18). The van der Waals surface area contributed by atoms with Crippen LogP contribution in [-0.4, -0.2) is 27.7 Å². The van der Waals surface area contributed by atoms with Gasteiger partial charge in [-0.05, 0) is 12.5 Å². The summed E-state index contributed by atoms with van der Waals surface area (Å²) >= 11 is 0. The van der Waals surface area contributed by atoms with Gasteiger partial charge in [-0.15, -0.1) is 0 Å². The molecule has 0 aliphatic carbocycles. The van der Waals surface area contributed by atoms with E-state index in [1.807, 2.05) is 11.9 Å². The lowest BCUT2D eigenvalue weighted by atomic mass is 10.3. The minimum Gasteiger partial charge on any atom is -0.293 e. The Labute approximate surface area is 124 Å². The van der Waals surface area contributed by atoms with Crippen molar-refractivity contribution in [1.29, 1.82) is 0 Å². The maximum Gasteiger partial charge on any atom is 0.328 e. The van der Waals surface area contributed by atoms with Gasteiger partial charge in [-0.25, -0.2) is 13.2 Å². The van der Waals surface area contributed by atoms with Gasteiger partial charge in [0.15, 0.2) is 4.90 Å². The second-order valence-electron chi connectivity index (χ2n) is 4.42. The Hall–Kier alpha value is -1.87. The normalized spacial score (nSPS) is 11.8. The summed E-state index contributed by atoms with van der Waals surface area (Å²) in [5.74, 6) is 0. The molecule has 2 heterocycles. The van der Waals surface area contributed by atoms with Gasteiger partial charge in [-0.2, -0.15) is 5.10 Å². The molecule has 0 aromatic carbocycles. The van der Waals surface area contributed by atoms with Crippen LogP contribution in [0.1, 0.15) is 18.3 Å². The minimum absolute atomic E-state index is 0.0680. The van der Waals surface area contributed by atoms with Crippen molar-refractivity contribution < 1.29 is 8.42 Å². The van der Waals surface area contributed by atoms with E-state index in [1.54, 1.807) is 17.8 Å². The van der Waals surface area contributed by atoms with E-state index in [0.29, 0.717) is 5.69 Å². The van der Waals surface area contributed by atoms with Crippen LogP contribution >= 0.6 is 10.7 Å². The summed E-state index contributed by atoms with van der Waals surface area (Å²) in [5, 5.41) is 4.23. The third-order valence-electron chi connectivity index (χ3n) is 2.96. The molecule has 0 saturated heterocycles. The van der Waals surface area contributed by atoms with Crippen molar-refractivity contribution in [1.82, 2.24) is 19.3 Å². The summed E-state index contributed by atoms with van der Waals surface area (Å²) in [6.07, 6.45) is 1.66. The highest BCUT2D eigenvalue weighted by atomic mass is 35.7. The molecule has 0 atom stereocenters. The molecular weight excluding hydrogens is 320 g/mol. The van der Waals surface area contributed by atoms with E-state index < -0.39 is 25.2 Å². The third kappa shape index (κ3) is 3.24. The molecule has 0 aliphatic rings. The van der Waals surface area contributed by atoms with E-state index in [2.05, 4.69) is 5.10 Å². The molecule has 0 bridgehead atoms. The van der Waals surface area contributed by atoms with Crippen molar-refractivity contribution >= 4 is 19.7 Å². The maximum absolute atomic E-state index is 11.8. The molecule has 8 nitrogen and oxygen atoms in total. The molecule has 0 spiro atoms. The average Bonchev–Trinajstić information content (AvgIpc) is 2.72. The summed E-state index contributed by atoms with van der Waals surface area (Å²) in [6.45, 7) is 2.01. The summed E-state index contributed by atoms with van der Waals surface area (Å²) in [5.41, 5.74) is -0.220. The molecule has 0 unspecified atom stereocenters. The molecule has 0 saturated carbocycles. The van der Waals surface area contributed by atoms with Crippen molar-refractivity contribution in [2.45, 2.75) is 24.8 Å². The van der Waals surface area contributed by atoms with E-state index in [4.69, 9.17) is 10.7 Å². The number of hydrogen-bond donors (Lipinski definition) is 1. The first-order chi connectivity index (χ1) is 9.72. The summed E-state index contributed by atoms with van der Waals surface area (Å²) in [7, 11) is 2.65. The number of hydrogen-bond acceptors (Lipinski definition) is 5. The van der Waals surface area contributed by atoms with Gasteiger partial charge in [-0.1, -0.05) is 6.92 Å². The van der Waals surface area contributed by atoms with Crippen LogP contribution in [0.15, 0.2) is 26.7 Å². The highest BCUT2D eigenvalue weighted by Crippen LogP contribution is 2.09. The number of nitrogens with zero attached hydrogens (tertiary/aromatic N) is 3. The lowest BCUT2D eigenvalue weighted by molar-refractivity contribution is 0.598. The molecule has 0 radical (unpaired) electrons. The highest BCUT2D eigenvalue weighted by molar-refractivity contribution is 8.13. The van der Waals surface area contributed by atoms with Gasteiger partial charge in [0.2, 0.25) is 0 Å². The van der Waals surface area contributed by atoms with Crippen LogP contribution in [0, 0.1) is 0 Å². The minimum atomic E-state index is -4.23. The molecule has 21 heavy (non-hydrogen) atoms. The fourth-order valence-corrected chi connectivity index (χ4v) is 2.70. The van der Waals surface area contributed by atoms with Crippen LogP contribution in [0.5, 0.6) is 0 Å². The van der Waals surface area contributed by atoms with Gasteiger partial charge >= 0.3 is 5.69 Å². The smallest absolute Gasteiger partial charge is 0.293 e. The second kappa shape index (κ2) is 5.49. The lowest BCUT2D eigenvalue weighted by Crippen LogP contribution is -2.32. The predicted octanol–water partition coefficient (Wildman–Crippen LogP) is -0.192. The van der Waals surface area contributed by atoms with Crippen LogP contribution in [0.3, 0.4) is 0 Å². The molecule has 1 N–H and O–H groups in total. The number of nitrogens with one attached hydrogen (secondary N) is 1. The lowest BCUT2D eigenvalue weighted by Gasteiger charge is -2.06. The first-order valence-electron chi connectivity index (χ1n) is 6.02. The highest BCUT2D eigenvalue weighted by Gasteiger charge is 2.18. The quantitative estimate of drug-likeness (QED) is 0.781. The van der Waals surface area contributed by atoms with Crippen LogP contribution in [0.2, 0.25) is 0 Å². The van der Waals surface area contributed by atoms with Crippen molar-refractivity contribution in [2.75, 3.05) is 0 Å². The number of rotatable bonds is 4. The Morgan fingerprint density at radius 1 is 1.38 bits per heavy atom. The topological polar surface area (TPSA) is 107 Å². The second-order valence-corrected chi connectivity index (χ2v) is 6.96. The first kappa shape index (κ1) is 15.5. The monoisotopic (exact) mass is 332 g/mol. The van der Waals surface area contributed by atoms with E-state index in [0.717, 1.165) is 22.9 Å². The van der Waals surface area contributed by atoms with Crippen molar-refractivity contribution in [3.63, 3.8) is 0 Å². The fourth-order valence-electron chi connectivity index (χ4n) is 1.85. The van der Waals surface area contributed by atoms with Gasteiger partial charge in [-0.3, -0.25) is 19.0 Å². The number of aromatic nitrogens is 4. The molecule has 114 valence electrons. The number of aromatic amines is 1. The number of aryl methyl sites for hydroxylation is 2. The van der Waals surface area contributed by atoms with Crippen molar-refractivity contribution in [3.8, 4) is 0 Å². The first-order valence-corrected chi connectivity index (χ1v) is 8.33. The van der Waals surface area contributed by atoms with Gasteiger partial charge in [0, 0.05) is 23.9 Å². The Morgan fingerprint density at radius 2 is 2.05 bits per heavy atom. The van der Waals surface area contributed by atoms with Gasteiger partial charge in [0.25, 0.3) is 14.6 Å². The zero-order valence-corrected chi connectivity index (χ0v) is 12.9. The molecule has 0 amide bonds. The molecule has 10 heteroatoms. The number of halogens is 1. The van der Waals surface area contributed by atoms with Crippen LogP contribution in [-0.2, 0) is 29.1 Å². The van der Waals surface area contributed by atoms with Crippen LogP contribution in [0.4, 0.5) is 0 Å². The van der Waals surface area contributed by atoms with Crippen molar-refractivity contribution in [2.24, 2.45) is 7.05 Å². The summed E-state index contributed by atoms with van der Waals surface area (Å²) in [6, 6.07) is 1.80. The molecule has 2 aromatic rings. The largest absolute Gasteiger partial charge is 0.328 e. The maximum atomic E-state index is 11.8. The van der Waals surface area contributed by atoms with E-state index in [-0.39, 0.29) is 6.54 Å². The molecule has 0 fully saturated rings. The fraction of sp³-hybridized carbons (Fsp3) is 0.364. The zero-order chi connectivity index (χ0) is 15.8. The Balaban J connectivity index is 2.52. The Bertz CT molecular complexity index is 894. The van der Waals surface area contributed by atoms with Gasteiger partial charge in [0.1, 0.15) is 0 Å². The van der Waals surface area contributed by atoms with E-state index in [9.17, 15) is 18.0 Å². The summed E-state index contributed by atoms with van der Waals surface area (Å²) < 4.78 is 25.3. The van der Waals surface area contributed by atoms with Crippen molar-refractivity contribution in [3.05, 3.63) is 44.5 Å². The van der Waals surface area contributed by atoms with Gasteiger partial charge < -0.3 is 0 Å². The third-order valence-corrected chi connectivity index (χ3v) is 4.28. The SMILES string of the molecule is CCc1cc(Cn2cc(S(=O)(=O)Cl)c(=O)[nH]c2=O)n(C)n1. The predicted molar refractivity (Wildman–Crippen MR) is 76.0 cm³/mol. The summed E-state index contributed by atoms with van der Waals surface area (Å²) in [4.78, 5) is 24.5. The van der Waals surface area contributed by atoms with E-state index in [1.165, 1.54) is 0 Å². The zero-order valence-electron chi connectivity index (χ0n) is 11.3. The average molecular weight is 333 g/mol. The Morgan fingerprint density at radius 3 is 2.57 bits per heavy atom. The molecule has 0 aliphatic heterocycles. The molecule has 2 rings (SSSR count). The van der Waals surface area contributed by atoms with E-state index >= 15 is 0 Å². The van der Waals surface area contributed by atoms with Gasteiger partial charge in [0.05, 0.1) is 17.9 Å². The molecule has 2 aromatic heterocycles.